The van der Waals surface area contributed by atoms with Crippen LogP contribution in [0.3, 0.4) is 0 Å². The zero-order valence-electron chi connectivity index (χ0n) is 16.0. The topological polar surface area (TPSA) is 87.1 Å². The normalized spacial score (nSPS) is 35.8. The van der Waals surface area contributed by atoms with Gasteiger partial charge in [-0.15, -0.1) is 0 Å². The molecule has 0 radical (unpaired) electrons. The smallest absolute Gasteiger partial charge is 0.410 e. The molecule has 0 aromatic heterocycles. The van der Waals surface area contributed by atoms with Crippen molar-refractivity contribution in [2.45, 2.75) is 84.0 Å². The average Bonchev–Trinajstić information content (AvgIpc) is 2.43. The Morgan fingerprint density at radius 2 is 1.76 bits per heavy atom. The van der Waals surface area contributed by atoms with Crippen molar-refractivity contribution in [3.63, 3.8) is 0 Å². The van der Waals surface area contributed by atoms with E-state index >= 15 is 0 Å². The molecule has 0 aromatic carbocycles. The van der Waals surface area contributed by atoms with E-state index in [2.05, 4.69) is 0 Å². The van der Waals surface area contributed by atoms with E-state index < -0.39 is 34.7 Å². The number of carboxylic acid groups (broad SMARTS) is 1. The fraction of sp³-hybridized carbons (Fsp3) is 0.895. The lowest BCUT2D eigenvalue weighted by Crippen LogP contribution is -2.75. The van der Waals surface area contributed by atoms with Crippen molar-refractivity contribution in [1.82, 2.24) is 4.90 Å². The summed E-state index contributed by atoms with van der Waals surface area (Å²) in [6.45, 7) is 10.0. The zero-order valence-corrected chi connectivity index (χ0v) is 16.0. The molecule has 3 unspecified atom stereocenters. The summed E-state index contributed by atoms with van der Waals surface area (Å²) in [7, 11) is 0. The molecular formula is C19H31NO5. The summed E-state index contributed by atoms with van der Waals surface area (Å²) in [6.07, 6.45) is 2.40. The van der Waals surface area contributed by atoms with Gasteiger partial charge in [0, 0.05) is 6.54 Å². The van der Waals surface area contributed by atoms with Crippen molar-refractivity contribution in [2.24, 2.45) is 16.7 Å². The fourth-order valence-corrected chi connectivity index (χ4v) is 5.61. The number of aliphatic carboxylic acids is 1. The van der Waals surface area contributed by atoms with Gasteiger partial charge in [-0.05, 0) is 64.2 Å². The van der Waals surface area contributed by atoms with Gasteiger partial charge < -0.3 is 19.8 Å². The first kappa shape index (κ1) is 18.5. The molecule has 4 rings (SSSR count). The molecule has 1 amide bonds. The largest absolute Gasteiger partial charge is 0.481 e. The van der Waals surface area contributed by atoms with Crippen LogP contribution in [0.2, 0.25) is 0 Å². The predicted molar refractivity (Wildman–Crippen MR) is 92.1 cm³/mol. The Morgan fingerprint density at radius 3 is 2.20 bits per heavy atom. The Labute approximate surface area is 149 Å². The van der Waals surface area contributed by atoms with Gasteiger partial charge in [0.1, 0.15) is 11.0 Å². The van der Waals surface area contributed by atoms with Gasteiger partial charge in [0.2, 0.25) is 0 Å². The fourth-order valence-electron chi connectivity index (χ4n) is 5.61. The van der Waals surface area contributed by atoms with Crippen molar-refractivity contribution in [3.8, 4) is 0 Å². The number of hydrogen-bond donors (Lipinski definition) is 2. The molecule has 2 saturated carbocycles. The third-order valence-electron chi connectivity index (χ3n) is 6.24. The number of carbonyl (C=O) groups is 2. The SMILES string of the molecule is CC1(C)CC(O)(C2(C(=O)O)CC3CCC2N(C(=O)OC(C)(C)C)C3)C1. The van der Waals surface area contributed by atoms with Gasteiger partial charge in [0.25, 0.3) is 0 Å². The highest BCUT2D eigenvalue weighted by atomic mass is 16.6. The maximum atomic E-state index is 12.7. The number of rotatable bonds is 2. The van der Waals surface area contributed by atoms with Crippen LogP contribution in [0.15, 0.2) is 0 Å². The van der Waals surface area contributed by atoms with E-state index in [1.165, 1.54) is 0 Å². The first-order chi connectivity index (χ1) is 11.3. The molecule has 4 fully saturated rings. The van der Waals surface area contributed by atoms with Crippen LogP contribution < -0.4 is 0 Å². The molecule has 142 valence electrons. The van der Waals surface area contributed by atoms with Crippen LogP contribution in [-0.2, 0) is 9.53 Å². The molecule has 2 heterocycles. The highest BCUT2D eigenvalue weighted by molar-refractivity contribution is 5.80. The molecule has 25 heavy (non-hydrogen) atoms. The second kappa shape index (κ2) is 5.35. The minimum Gasteiger partial charge on any atom is -0.481 e. The van der Waals surface area contributed by atoms with E-state index in [0.717, 1.165) is 6.42 Å². The summed E-state index contributed by atoms with van der Waals surface area (Å²) in [4.78, 5) is 26.7. The van der Waals surface area contributed by atoms with Crippen LogP contribution >= 0.6 is 0 Å². The van der Waals surface area contributed by atoms with Gasteiger partial charge in [-0.2, -0.15) is 0 Å². The maximum absolute atomic E-state index is 12.7. The van der Waals surface area contributed by atoms with Gasteiger partial charge in [-0.1, -0.05) is 13.8 Å². The molecule has 6 nitrogen and oxygen atoms in total. The number of fused-ring (bicyclic) bond motifs is 3. The molecular weight excluding hydrogens is 322 g/mol. The molecule has 2 aliphatic heterocycles. The van der Waals surface area contributed by atoms with E-state index in [9.17, 15) is 19.8 Å². The van der Waals surface area contributed by atoms with Crippen molar-refractivity contribution in [2.75, 3.05) is 6.54 Å². The summed E-state index contributed by atoms with van der Waals surface area (Å²) in [6, 6.07) is -0.508. The molecule has 4 aliphatic rings. The summed E-state index contributed by atoms with van der Waals surface area (Å²) >= 11 is 0. The molecule has 6 heteroatoms. The van der Waals surface area contributed by atoms with Crippen molar-refractivity contribution >= 4 is 12.1 Å². The Hall–Kier alpha value is -1.30. The van der Waals surface area contributed by atoms with Gasteiger partial charge >= 0.3 is 12.1 Å². The molecule has 2 N–H and O–H groups in total. The first-order valence-corrected chi connectivity index (χ1v) is 9.25. The quantitative estimate of drug-likeness (QED) is 0.797. The number of carbonyl (C=O) groups excluding carboxylic acids is 1. The average molecular weight is 353 g/mol. The zero-order chi connectivity index (χ0) is 18.8. The third kappa shape index (κ3) is 2.82. The van der Waals surface area contributed by atoms with Crippen molar-refractivity contribution in [1.29, 1.82) is 0 Å². The van der Waals surface area contributed by atoms with Gasteiger partial charge in [0.05, 0.1) is 11.6 Å². The van der Waals surface area contributed by atoms with Crippen LogP contribution in [-0.4, -0.2) is 51.0 Å². The first-order valence-electron chi connectivity index (χ1n) is 9.25. The summed E-state index contributed by atoms with van der Waals surface area (Å²) in [5.41, 5.74) is -3.24. The minimum absolute atomic E-state index is 0.0648. The van der Waals surface area contributed by atoms with Crippen molar-refractivity contribution in [3.05, 3.63) is 0 Å². The minimum atomic E-state index is -1.29. The third-order valence-corrected chi connectivity index (χ3v) is 6.24. The molecule has 0 aromatic rings. The number of amides is 1. The molecule has 2 bridgehead atoms. The van der Waals surface area contributed by atoms with Crippen LogP contribution in [0, 0.1) is 16.7 Å². The Kier molecular flexibility index (Phi) is 3.96. The van der Waals surface area contributed by atoms with Crippen LogP contribution in [0.5, 0.6) is 0 Å². The van der Waals surface area contributed by atoms with Gasteiger partial charge in [-0.25, -0.2) is 4.79 Å². The van der Waals surface area contributed by atoms with Crippen molar-refractivity contribution < 1.29 is 24.5 Å². The molecule has 2 aliphatic carbocycles. The number of piperidine rings is 2. The number of nitrogens with zero attached hydrogens (tertiary/aromatic N) is 1. The second-order valence-corrected chi connectivity index (χ2v) is 10.1. The number of ether oxygens (including phenoxy) is 1. The summed E-state index contributed by atoms with van der Waals surface area (Å²) in [5, 5.41) is 21.5. The molecule has 2 saturated heterocycles. The lowest BCUT2D eigenvalue weighted by atomic mass is 9.45. The van der Waals surface area contributed by atoms with E-state index in [0.29, 0.717) is 32.2 Å². The van der Waals surface area contributed by atoms with Crippen LogP contribution in [0.25, 0.3) is 0 Å². The Bertz CT molecular complexity index is 585. The molecule has 3 atom stereocenters. The van der Waals surface area contributed by atoms with Gasteiger partial charge in [0.15, 0.2) is 0 Å². The molecule has 0 spiro atoms. The number of aliphatic hydroxyl groups is 1. The summed E-state index contributed by atoms with van der Waals surface area (Å²) in [5.74, 6) is -0.880. The van der Waals surface area contributed by atoms with E-state index in [-0.39, 0.29) is 11.3 Å². The van der Waals surface area contributed by atoms with E-state index in [4.69, 9.17) is 4.74 Å². The number of carboxylic acids is 1. The maximum Gasteiger partial charge on any atom is 0.410 e. The van der Waals surface area contributed by atoms with Crippen LogP contribution in [0.4, 0.5) is 4.79 Å². The Balaban J connectivity index is 1.95. The Morgan fingerprint density at radius 1 is 1.16 bits per heavy atom. The second-order valence-electron chi connectivity index (χ2n) is 10.1. The predicted octanol–water partition coefficient (Wildman–Crippen LogP) is 3.03. The highest BCUT2D eigenvalue weighted by Crippen LogP contribution is 2.63. The lowest BCUT2D eigenvalue weighted by molar-refractivity contribution is -0.247. The highest BCUT2D eigenvalue weighted by Gasteiger charge is 2.71. The lowest BCUT2D eigenvalue weighted by Gasteiger charge is -2.65. The van der Waals surface area contributed by atoms with Gasteiger partial charge in [-0.3, -0.25) is 4.79 Å². The van der Waals surface area contributed by atoms with Crippen LogP contribution in [0.1, 0.15) is 66.7 Å². The summed E-state index contributed by atoms with van der Waals surface area (Å²) < 4.78 is 5.52. The number of hydrogen-bond acceptors (Lipinski definition) is 4. The van der Waals surface area contributed by atoms with E-state index in [1.54, 1.807) is 25.7 Å². The monoisotopic (exact) mass is 353 g/mol. The van der Waals surface area contributed by atoms with E-state index in [1.807, 2.05) is 13.8 Å². The standard InChI is InChI=1S/C19H31NO5/c1-16(2,3)25-15(23)20-9-12-6-7-13(20)19(8-12,14(21)22)18(24)10-17(4,5)11-18/h12-13,24H,6-11H2,1-5H3,(H,21,22).